The van der Waals surface area contributed by atoms with Crippen molar-refractivity contribution in [3.63, 3.8) is 0 Å². The molecule has 1 aliphatic heterocycles. The van der Waals surface area contributed by atoms with Gasteiger partial charge in [-0.3, -0.25) is 9.78 Å². The molecule has 1 amide bonds. The Morgan fingerprint density at radius 3 is 2.76 bits per heavy atom. The minimum atomic E-state index is -0.287. The Bertz CT molecular complexity index is 623. The Balaban J connectivity index is 1.69. The van der Waals surface area contributed by atoms with Gasteiger partial charge in [-0.05, 0) is 24.7 Å². The summed E-state index contributed by atoms with van der Waals surface area (Å²) in [5, 5.41) is 0. The summed E-state index contributed by atoms with van der Waals surface area (Å²) in [4.78, 5) is 19.0. The highest BCUT2D eigenvalue weighted by molar-refractivity contribution is 5.84. The van der Waals surface area contributed by atoms with Crippen molar-refractivity contribution in [2.75, 3.05) is 6.54 Å². The van der Waals surface area contributed by atoms with Crippen molar-refractivity contribution in [1.82, 2.24) is 9.88 Å². The summed E-state index contributed by atoms with van der Waals surface area (Å²) in [5.74, 6) is 1.01. The van der Waals surface area contributed by atoms with Gasteiger partial charge in [0.2, 0.25) is 5.91 Å². The summed E-state index contributed by atoms with van der Waals surface area (Å²) in [6, 6.07) is 0.0451. The number of likely N-dealkylation sites (tertiary alicyclic amines) is 1. The molecule has 1 aromatic heterocycles. The first kappa shape index (κ1) is 13.2. The molecule has 0 N–H and O–H groups in total. The maximum atomic E-state index is 14.0. The number of hydrogen-bond donors (Lipinski definition) is 0. The number of carbonyl (C=O) groups excluding carboxylic acids is 1. The normalized spacial score (nSPS) is 30.7. The van der Waals surface area contributed by atoms with Gasteiger partial charge in [-0.15, -0.1) is 0 Å². The van der Waals surface area contributed by atoms with Gasteiger partial charge in [0, 0.05) is 35.2 Å². The SMILES string of the molecule is C[C@H]1CN(C(=O)C(C)(C)C2CC2)[C@@H]2c3cncc(F)c3C21. The van der Waals surface area contributed by atoms with Crippen LogP contribution in [-0.2, 0) is 4.79 Å². The quantitative estimate of drug-likeness (QED) is 0.837. The third-order valence-electron chi connectivity index (χ3n) is 5.81. The molecule has 2 heterocycles. The van der Waals surface area contributed by atoms with E-state index in [1.807, 2.05) is 4.90 Å². The smallest absolute Gasteiger partial charge is 0.229 e. The van der Waals surface area contributed by atoms with Crippen molar-refractivity contribution in [2.45, 2.75) is 45.6 Å². The molecule has 1 saturated heterocycles. The molecule has 1 aromatic rings. The predicted molar refractivity (Wildman–Crippen MR) is 77.1 cm³/mol. The zero-order valence-electron chi connectivity index (χ0n) is 12.8. The second-order valence-electron chi connectivity index (χ2n) is 7.53. The first-order valence-corrected chi connectivity index (χ1v) is 7.87. The zero-order chi connectivity index (χ0) is 14.9. The Hall–Kier alpha value is -1.45. The van der Waals surface area contributed by atoms with Crippen molar-refractivity contribution in [1.29, 1.82) is 0 Å². The summed E-state index contributed by atoms with van der Waals surface area (Å²) in [6.45, 7) is 6.99. The van der Waals surface area contributed by atoms with E-state index in [2.05, 4.69) is 25.8 Å². The van der Waals surface area contributed by atoms with Crippen LogP contribution in [0.15, 0.2) is 12.4 Å². The number of hydrogen-bond acceptors (Lipinski definition) is 2. The van der Waals surface area contributed by atoms with Crippen molar-refractivity contribution in [2.24, 2.45) is 17.3 Å². The van der Waals surface area contributed by atoms with Crippen LogP contribution in [0.3, 0.4) is 0 Å². The molecule has 0 radical (unpaired) electrons. The number of amides is 1. The van der Waals surface area contributed by atoms with Gasteiger partial charge < -0.3 is 4.90 Å². The maximum Gasteiger partial charge on any atom is 0.229 e. The molecule has 4 rings (SSSR count). The lowest BCUT2D eigenvalue weighted by Crippen LogP contribution is -2.44. The van der Waals surface area contributed by atoms with Crippen molar-refractivity contribution < 1.29 is 9.18 Å². The third-order valence-corrected chi connectivity index (χ3v) is 5.81. The van der Waals surface area contributed by atoms with E-state index in [0.717, 1.165) is 30.5 Å². The molecular formula is C17H21FN2O. The van der Waals surface area contributed by atoms with E-state index >= 15 is 0 Å². The number of fused-ring (bicyclic) bond motifs is 4. The molecule has 2 fully saturated rings. The van der Waals surface area contributed by atoms with Crippen LogP contribution in [0.2, 0.25) is 0 Å². The van der Waals surface area contributed by atoms with Crippen LogP contribution in [0.1, 0.15) is 56.7 Å². The van der Waals surface area contributed by atoms with E-state index in [-0.39, 0.29) is 29.1 Å². The summed E-state index contributed by atoms with van der Waals surface area (Å²) >= 11 is 0. The van der Waals surface area contributed by atoms with Crippen LogP contribution in [0.5, 0.6) is 0 Å². The third kappa shape index (κ3) is 1.65. The number of rotatable bonds is 2. The second-order valence-corrected chi connectivity index (χ2v) is 7.53. The molecule has 2 aliphatic carbocycles. The van der Waals surface area contributed by atoms with Gasteiger partial charge in [0.15, 0.2) is 0 Å². The van der Waals surface area contributed by atoms with Crippen LogP contribution < -0.4 is 0 Å². The Morgan fingerprint density at radius 2 is 2.10 bits per heavy atom. The van der Waals surface area contributed by atoms with E-state index in [4.69, 9.17) is 0 Å². The average molecular weight is 288 g/mol. The summed E-state index contributed by atoms with van der Waals surface area (Å²) < 4.78 is 14.0. The van der Waals surface area contributed by atoms with Gasteiger partial charge in [0.1, 0.15) is 5.82 Å². The van der Waals surface area contributed by atoms with Crippen LogP contribution >= 0.6 is 0 Å². The highest BCUT2D eigenvalue weighted by atomic mass is 19.1. The standard InChI is InChI=1S/C17H21FN2O/c1-9-8-20(16(21)17(2,3)10-4-5-10)15-11-6-19-7-12(18)14(11)13(9)15/h6-7,9-10,13,15H,4-5,8H2,1-3H3/t9-,13?,15+/m0/s1. The summed E-state index contributed by atoms with van der Waals surface area (Å²) in [5.41, 5.74) is 1.43. The molecule has 1 unspecified atom stereocenters. The molecule has 0 aromatic carbocycles. The van der Waals surface area contributed by atoms with E-state index in [0.29, 0.717) is 11.8 Å². The fourth-order valence-corrected chi connectivity index (χ4v) is 4.36. The van der Waals surface area contributed by atoms with E-state index in [1.54, 1.807) is 6.20 Å². The molecule has 1 saturated carbocycles. The van der Waals surface area contributed by atoms with Gasteiger partial charge in [0.25, 0.3) is 0 Å². The largest absolute Gasteiger partial charge is 0.334 e. The van der Waals surface area contributed by atoms with Crippen LogP contribution in [-0.4, -0.2) is 22.3 Å². The van der Waals surface area contributed by atoms with Crippen LogP contribution in [0.25, 0.3) is 0 Å². The first-order chi connectivity index (χ1) is 9.93. The van der Waals surface area contributed by atoms with Gasteiger partial charge in [-0.1, -0.05) is 20.8 Å². The molecule has 112 valence electrons. The molecule has 0 spiro atoms. The molecule has 3 nitrogen and oxygen atoms in total. The lowest BCUT2D eigenvalue weighted by Gasteiger charge is -2.41. The number of carbonyl (C=O) groups is 1. The Morgan fingerprint density at radius 1 is 1.38 bits per heavy atom. The molecule has 0 bridgehead atoms. The topological polar surface area (TPSA) is 33.2 Å². The summed E-state index contributed by atoms with van der Waals surface area (Å²) in [6.07, 6.45) is 5.34. The minimum Gasteiger partial charge on any atom is -0.334 e. The number of aromatic nitrogens is 1. The van der Waals surface area contributed by atoms with E-state index in [9.17, 15) is 9.18 Å². The van der Waals surface area contributed by atoms with Crippen molar-refractivity contribution in [3.8, 4) is 0 Å². The lowest BCUT2D eigenvalue weighted by atomic mass is 9.70. The lowest BCUT2D eigenvalue weighted by molar-refractivity contribution is -0.143. The maximum absolute atomic E-state index is 14.0. The number of halogens is 1. The fraction of sp³-hybridized carbons (Fsp3) is 0.647. The fourth-order valence-electron chi connectivity index (χ4n) is 4.36. The molecular weight excluding hydrogens is 267 g/mol. The monoisotopic (exact) mass is 288 g/mol. The van der Waals surface area contributed by atoms with Gasteiger partial charge in [0.05, 0.1) is 12.2 Å². The van der Waals surface area contributed by atoms with E-state index in [1.165, 1.54) is 6.20 Å². The first-order valence-electron chi connectivity index (χ1n) is 7.87. The molecule has 21 heavy (non-hydrogen) atoms. The van der Waals surface area contributed by atoms with Crippen LogP contribution in [0, 0.1) is 23.1 Å². The Kier molecular flexibility index (Phi) is 2.55. The van der Waals surface area contributed by atoms with Gasteiger partial charge in [-0.2, -0.15) is 0 Å². The highest BCUT2D eigenvalue weighted by Gasteiger charge is 2.56. The molecule has 3 aliphatic rings. The zero-order valence-corrected chi connectivity index (χ0v) is 12.8. The van der Waals surface area contributed by atoms with E-state index < -0.39 is 0 Å². The Labute approximate surface area is 124 Å². The summed E-state index contributed by atoms with van der Waals surface area (Å²) in [7, 11) is 0. The predicted octanol–water partition coefficient (Wildman–Crippen LogP) is 3.27. The van der Waals surface area contributed by atoms with Crippen LogP contribution in [0.4, 0.5) is 4.39 Å². The number of pyridine rings is 1. The average Bonchev–Trinajstić information content (AvgIpc) is 3.20. The number of nitrogens with zero attached hydrogens (tertiary/aromatic N) is 2. The second kappa shape index (κ2) is 4.05. The minimum absolute atomic E-state index is 0.0451. The van der Waals surface area contributed by atoms with Gasteiger partial charge in [-0.25, -0.2) is 4.39 Å². The van der Waals surface area contributed by atoms with Gasteiger partial charge >= 0.3 is 0 Å². The van der Waals surface area contributed by atoms with Crippen molar-refractivity contribution >= 4 is 5.91 Å². The highest BCUT2D eigenvalue weighted by Crippen LogP contribution is 2.59. The molecule has 3 atom stereocenters. The van der Waals surface area contributed by atoms with Crippen molar-refractivity contribution in [3.05, 3.63) is 29.3 Å². The molecule has 4 heteroatoms.